The van der Waals surface area contributed by atoms with E-state index in [9.17, 15) is 0 Å². The van der Waals surface area contributed by atoms with Gasteiger partial charge in [0.25, 0.3) is 0 Å². The third-order valence-electron chi connectivity index (χ3n) is 7.03. The Morgan fingerprint density at radius 1 is 1.10 bits per heavy atom. The van der Waals surface area contributed by atoms with Crippen molar-refractivity contribution in [2.45, 2.75) is 56.7 Å². The van der Waals surface area contributed by atoms with Crippen molar-refractivity contribution in [2.75, 3.05) is 0 Å². The van der Waals surface area contributed by atoms with Gasteiger partial charge in [0.15, 0.2) is 0 Å². The molecule has 0 spiro atoms. The summed E-state index contributed by atoms with van der Waals surface area (Å²) in [7, 11) is 0. The average molecular weight is 347 g/mol. The maximum Gasteiger partial charge on any atom is 0.0429 e. The molecule has 4 rings (SSSR count). The zero-order valence-corrected chi connectivity index (χ0v) is 15.1. The predicted molar refractivity (Wildman–Crippen MR) is 92.7 cm³/mol. The predicted octanol–water partition coefficient (Wildman–Crippen LogP) is 6.10. The van der Waals surface area contributed by atoms with Gasteiger partial charge in [-0.15, -0.1) is 0 Å². The first-order valence-corrected chi connectivity index (χ1v) is 9.69. The van der Waals surface area contributed by atoms with Gasteiger partial charge in [0.1, 0.15) is 0 Å². The lowest BCUT2D eigenvalue weighted by Crippen LogP contribution is -2.15. The van der Waals surface area contributed by atoms with Crippen molar-refractivity contribution in [1.82, 2.24) is 0 Å². The third kappa shape index (κ3) is 2.14. The van der Waals surface area contributed by atoms with Crippen molar-refractivity contribution >= 4 is 15.9 Å². The summed E-state index contributed by atoms with van der Waals surface area (Å²) in [5.41, 5.74) is 3.28. The highest BCUT2D eigenvalue weighted by molar-refractivity contribution is 9.09. The molecule has 2 bridgehead atoms. The van der Waals surface area contributed by atoms with Crippen LogP contribution >= 0.6 is 15.9 Å². The van der Waals surface area contributed by atoms with Gasteiger partial charge in [0, 0.05) is 4.83 Å². The first-order chi connectivity index (χ1) is 10.0. The zero-order valence-electron chi connectivity index (χ0n) is 13.5. The highest BCUT2D eigenvalue weighted by Gasteiger charge is 2.66. The molecule has 114 valence electrons. The summed E-state index contributed by atoms with van der Waals surface area (Å²) in [5, 5.41) is 0. The second-order valence-electron chi connectivity index (χ2n) is 8.33. The highest BCUT2D eigenvalue weighted by Crippen LogP contribution is 2.73. The smallest absolute Gasteiger partial charge is 0.0429 e. The van der Waals surface area contributed by atoms with Gasteiger partial charge in [0.05, 0.1) is 0 Å². The van der Waals surface area contributed by atoms with E-state index in [1.807, 2.05) is 0 Å². The van der Waals surface area contributed by atoms with E-state index in [1.54, 1.807) is 6.42 Å². The molecule has 3 fully saturated rings. The molecule has 5 unspecified atom stereocenters. The Morgan fingerprint density at radius 2 is 1.67 bits per heavy atom. The maximum absolute atomic E-state index is 4.04. The van der Waals surface area contributed by atoms with E-state index in [4.69, 9.17) is 0 Å². The van der Waals surface area contributed by atoms with E-state index in [0.717, 1.165) is 29.6 Å². The maximum atomic E-state index is 4.04. The number of benzene rings is 1. The largest absolute Gasteiger partial charge is 0.0836 e. The summed E-state index contributed by atoms with van der Waals surface area (Å²) in [6.07, 6.45) is 5.78. The van der Waals surface area contributed by atoms with Crippen molar-refractivity contribution in [3.05, 3.63) is 35.4 Å². The Labute approximate surface area is 137 Å². The Balaban J connectivity index is 1.50. The van der Waals surface area contributed by atoms with Gasteiger partial charge in [-0.1, -0.05) is 61.0 Å². The average Bonchev–Trinajstić information content (AvgIpc) is 2.93. The third-order valence-corrected chi connectivity index (χ3v) is 8.17. The normalized spacial score (nSPS) is 38.4. The number of hydrogen-bond acceptors (Lipinski definition) is 0. The molecule has 0 radical (unpaired) electrons. The minimum absolute atomic E-state index is 0.301. The summed E-state index contributed by atoms with van der Waals surface area (Å²) in [4.78, 5) is 0.592. The number of alkyl halides is 1. The van der Waals surface area contributed by atoms with Crippen LogP contribution in [-0.2, 0) is 5.41 Å². The monoisotopic (exact) mass is 346 g/mol. The van der Waals surface area contributed by atoms with Crippen LogP contribution < -0.4 is 0 Å². The number of halogens is 1. The van der Waals surface area contributed by atoms with Crippen LogP contribution in [0.3, 0.4) is 0 Å². The fourth-order valence-electron chi connectivity index (χ4n) is 5.33. The second kappa shape index (κ2) is 4.85. The van der Waals surface area contributed by atoms with Gasteiger partial charge in [-0.2, -0.15) is 0 Å². The van der Waals surface area contributed by atoms with Gasteiger partial charge < -0.3 is 0 Å². The zero-order chi connectivity index (χ0) is 14.8. The number of rotatable bonds is 4. The van der Waals surface area contributed by atoms with Gasteiger partial charge >= 0.3 is 0 Å². The van der Waals surface area contributed by atoms with Crippen LogP contribution in [0.15, 0.2) is 24.3 Å². The first-order valence-electron chi connectivity index (χ1n) is 8.77. The molecule has 3 aliphatic carbocycles. The molecule has 0 nitrogen and oxygen atoms in total. The van der Waals surface area contributed by atoms with E-state index >= 15 is 0 Å². The minimum Gasteiger partial charge on any atom is -0.0836 e. The molecule has 5 atom stereocenters. The van der Waals surface area contributed by atoms with Crippen molar-refractivity contribution in [3.63, 3.8) is 0 Å². The molecule has 0 aliphatic heterocycles. The van der Waals surface area contributed by atoms with Crippen LogP contribution in [0.1, 0.15) is 62.4 Å². The van der Waals surface area contributed by atoms with Crippen LogP contribution in [-0.4, -0.2) is 0 Å². The Hall–Kier alpha value is -0.300. The standard InChI is InChI=1S/C20H27Br/c1-4-20(2,3)15-9-7-12(8-10-15)19(21)18-16-13-5-6-14(11-13)17(16)18/h7-10,13-14,16-19H,4-6,11H2,1-3H3. The molecule has 0 amide bonds. The molecule has 1 aromatic carbocycles. The minimum atomic E-state index is 0.301. The molecule has 0 saturated heterocycles. The number of fused-ring (bicyclic) bond motifs is 5. The second-order valence-corrected chi connectivity index (χ2v) is 9.31. The van der Waals surface area contributed by atoms with E-state index in [0.29, 0.717) is 10.2 Å². The van der Waals surface area contributed by atoms with E-state index in [2.05, 4.69) is 61.0 Å². The van der Waals surface area contributed by atoms with Gasteiger partial charge in [-0.3, -0.25) is 0 Å². The van der Waals surface area contributed by atoms with E-state index in [1.165, 1.54) is 30.4 Å². The van der Waals surface area contributed by atoms with Gasteiger partial charge in [-0.25, -0.2) is 0 Å². The van der Waals surface area contributed by atoms with E-state index < -0.39 is 0 Å². The molecule has 3 aliphatic rings. The van der Waals surface area contributed by atoms with Crippen LogP contribution in [0.4, 0.5) is 0 Å². The molecule has 1 heteroatoms. The molecular weight excluding hydrogens is 320 g/mol. The quantitative estimate of drug-likeness (QED) is 0.577. The molecular formula is C20H27Br. The summed E-state index contributed by atoms with van der Waals surface area (Å²) in [6, 6.07) is 9.48. The summed E-state index contributed by atoms with van der Waals surface area (Å²) >= 11 is 4.04. The lowest BCUT2D eigenvalue weighted by atomic mass is 9.82. The fraction of sp³-hybridized carbons (Fsp3) is 0.700. The molecule has 0 N–H and O–H groups in total. The van der Waals surface area contributed by atoms with Gasteiger partial charge in [-0.05, 0) is 71.8 Å². The lowest BCUT2D eigenvalue weighted by molar-refractivity contribution is 0.456. The van der Waals surface area contributed by atoms with Crippen LogP contribution in [0.2, 0.25) is 0 Å². The van der Waals surface area contributed by atoms with Crippen molar-refractivity contribution < 1.29 is 0 Å². The first kappa shape index (κ1) is 14.3. The summed E-state index contributed by atoms with van der Waals surface area (Å²) in [5.74, 6) is 5.19. The van der Waals surface area contributed by atoms with Crippen LogP contribution in [0, 0.1) is 29.6 Å². The molecule has 0 aromatic heterocycles. The van der Waals surface area contributed by atoms with Crippen molar-refractivity contribution in [2.24, 2.45) is 29.6 Å². The Morgan fingerprint density at radius 3 is 2.19 bits per heavy atom. The van der Waals surface area contributed by atoms with Crippen LogP contribution in [0.25, 0.3) is 0 Å². The topological polar surface area (TPSA) is 0 Å². The SMILES string of the molecule is CCC(C)(C)c1ccc(C(Br)C2C3C4CCC(C4)C32)cc1. The lowest BCUT2D eigenvalue weighted by Gasteiger charge is -2.24. The van der Waals surface area contributed by atoms with Crippen LogP contribution in [0.5, 0.6) is 0 Å². The van der Waals surface area contributed by atoms with E-state index in [-0.39, 0.29) is 0 Å². The Bertz CT molecular complexity index is 513. The van der Waals surface area contributed by atoms with Crippen molar-refractivity contribution in [1.29, 1.82) is 0 Å². The van der Waals surface area contributed by atoms with Crippen molar-refractivity contribution in [3.8, 4) is 0 Å². The highest BCUT2D eigenvalue weighted by atomic mass is 79.9. The van der Waals surface area contributed by atoms with Gasteiger partial charge in [0.2, 0.25) is 0 Å². The molecule has 3 saturated carbocycles. The molecule has 1 aromatic rings. The Kier molecular flexibility index (Phi) is 3.30. The molecule has 21 heavy (non-hydrogen) atoms. The number of hydrogen-bond donors (Lipinski definition) is 0. The molecule has 0 heterocycles. The fourth-order valence-corrected chi connectivity index (χ4v) is 6.34. The summed E-state index contributed by atoms with van der Waals surface area (Å²) in [6.45, 7) is 6.97. The summed E-state index contributed by atoms with van der Waals surface area (Å²) < 4.78 is 0.